The summed E-state index contributed by atoms with van der Waals surface area (Å²) < 4.78 is 5.15. The largest absolute Gasteiger partial charge is 0.481 e. The minimum atomic E-state index is -0.911. The third kappa shape index (κ3) is 4.66. The number of thiophene rings is 1. The van der Waals surface area contributed by atoms with E-state index in [0.29, 0.717) is 31.0 Å². The van der Waals surface area contributed by atoms with E-state index in [1.54, 1.807) is 7.05 Å². The predicted octanol–water partition coefficient (Wildman–Crippen LogP) is 2.05. The van der Waals surface area contributed by atoms with Crippen molar-refractivity contribution in [2.24, 2.45) is 0 Å². The number of hydrogen-bond donors (Lipinski definition) is 1. The summed E-state index contributed by atoms with van der Waals surface area (Å²) in [4.78, 5) is 28.9. The summed E-state index contributed by atoms with van der Waals surface area (Å²) in [5.41, 5.74) is 0. The number of amides is 1. The molecule has 0 bridgehead atoms. The molecule has 0 aliphatic carbocycles. The van der Waals surface area contributed by atoms with Crippen LogP contribution in [0.1, 0.15) is 25.2 Å². The van der Waals surface area contributed by atoms with Crippen LogP contribution in [0.3, 0.4) is 0 Å². The molecule has 0 fully saturated rings. The normalized spacial score (nSPS) is 10.6. The molecule has 0 atom stereocenters. The van der Waals surface area contributed by atoms with E-state index in [9.17, 15) is 9.59 Å². The zero-order valence-electron chi connectivity index (χ0n) is 12.2. The van der Waals surface area contributed by atoms with Crippen LogP contribution < -0.4 is 0 Å². The van der Waals surface area contributed by atoms with Crippen LogP contribution in [0.5, 0.6) is 0 Å². The first-order valence-corrected chi connectivity index (χ1v) is 7.76. The van der Waals surface area contributed by atoms with Gasteiger partial charge in [0.15, 0.2) is 0 Å². The smallest absolute Gasteiger partial charge is 0.305 e. The number of nitrogens with zero attached hydrogens (tertiary/aromatic N) is 3. The van der Waals surface area contributed by atoms with Crippen LogP contribution in [0.25, 0.3) is 10.7 Å². The third-order valence-corrected chi connectivity index (χ3v) is 3.94. The molecule has 0 radical (unpaired) electrons. The Kier molecular flexibility index (Phi) is 5.65. The first-order valence-electron chi connectivity index (χ1n) is 6.88. The molecular weight excluding hydrogens is 306 g/mol. The van der Waals surface area contributed by atoms with E-state index in [2.05, 4.69) is 10.1 Å². The van der Waals surface area contributed by atoms with Crippen LogP contribution >= 0.6 is 11.3 Å². The fourth-order valence-electron chi connectivity index (χ4n) is 1.83. The lowest BCUT2D eigenvalue weighted by Crippen LogP contribution is -2.28. The maximum atomic E-state index is 11.8. The average Bonchev–Trinajstić information content (AvgIpc) is 3.15. The van der Waals surface area contributed by atoms with Crippen molar-refractivity contribution in [2.75, 3.05) is 13.6 Å². The van der Waals surface area contributed by atoms with Gasteiger partial charge in [0.05, 0.1) is 11.3 Å². The highest BCUT2D eigenvalue weighted by Gasteiger charge is 2.12. The molecule has 1 N–H and O–H groups in total. The number of hydrogen-bond acceptors (Lipinski definition) is 6. The minimum absolute atomic E-state index is 0.0456. The molecule has 8 heteroatoms. The van der Waals surface area contributed by atoms with Crippen molar-refractivity contribution in [1.29, 1.82) is 0 Å². The van der Waals surface area contributed by atoms with Gasteiger partial charge in [-0.15, -0.1) is 11.3 Å². The summed E-state index contributed by atoms with van der Waals surface area (Å²) in [6.45, 7) is 0.219. The summed E-state index contributed by atoms with van der Waals surface area (Å²) in [6, 6.07) is 3.84. The summed E-state index contributed by atoms with van der Waals surface area (Å²) in [5, 5.41) is 14.4. The number of aryl methyl sites for hydroxylation is 1. The van der Waals surface area contributed by atoms with Crippen molar-refractivity contribution in [2.45, 2.75) is 25.7 Å². The van der Waals surface area contributed by atoms with Crippen LogP contribution in [0.4, 0.5) is 0 Å². The standard InChI is InChI=1S/C14H17N3O4S/c1-17(8-7-13(19)20)12(18)6-2-5-11-15-14(16-21-11)10-4-3-9-22-10/h3-4,9H,2,5-8H2,1H3,(H,19,20). The summed E-state index contributed by atoms with van der Waals surface area (Å²) in [7, 11) is 1.60. The lowest BCUT2D eigenvalue weighted by atomic mass is 10.2. The molecule has 0 spiro atoms. The number of carbonyl (C=O) groups excluding carboxylic acids is 1. The van der Waals surface area contributed by atoms with E-state index in [0.717, 1.165) is 4.88 Å². The number of carboxylic acid groups (broad SMARTS) is 1. The van der Waals surface area contributed by atoms with E-state index < -0.39 is 5.97 Å². The van der Waals surface area contributed by atoms with Gasteiger partial charge in [0, 0.05) is 26.4 Å². The summed E-state index contributed by atoms with van der Waals surface area (Å²) >= 11 is 1.54. The number of rotatable bonds is 8. The van der Waals surface area contributed by atoms with E-state index in [1.807, 2.05) is 17.5 Å². The quantitative estimate of drug-likeness (QED) is 0.798. The molecule has 0 saturated carbocycles. The van der Waals surface area contributed by atoms with Gasteiger partial charge < -0.3 is 14.5 Å². The Morgan fingerprint density at radius 1 is 1.41 bits per heavy atom. The Hall–Kier alpha value is -2.22. The van der Waals surface area contributed by atoms with Crippen LogP contribution in [-0.2, 0) is 16.0 Å². The van der Waals surface area contributed by atoms with Crippen LogP contribution in [-0.4, -0.2) is 45.6 Å². The molecule has 0 aromatic carbocycles. The van der Waals surface area contributed by atoms with Gasteiger partial charge in [-0.3, -0.25) is 9.59 Å². The first-order chi connectivity index (χ1) is 10.6. The second kappa shape index (κ2) is 7.69. The second-order valence-corrected chi connectivity index (χ2v) is 5.75. The number of aromatic nitrogens is 2. The summed E-state index contributed by atoms with van der Waals surface area (Å²) in [6.07, 6.45) is 1.39. The predicted molar refractivity (Wildman–Crippen MR) is 80.4 cm³/mol. The lowest BCUT2D eigenvalue weighted by molar-refractivity contribution is -0.138. The van der Waals surface area contributed by atoms with Gasteiger partial charge in [0.1, 0.15) is 0 Å². The van der Waals surface area contributed by atoms with Crippen molar-refractivity contribution in [1.82, 2.24) is 15.0 Å². The topological polar surface area (TPSA) is 96.5 Å². The number of carbonyl (C=O) groups is 2. The van der Waals surface area contributed by atoms with Gasteiger partial charge in [-0.1, -0.05) is 11.2 Å². The van der Waals surface area contributed by atoms with Crippen LogP contribution in [0.15, 0.2) is 22.0 Å². The van der Waals surface area contributed by atoms with Crippen molar-refractivity contribution in [3.8, 4) is 10.7 Å². The zero-order valence-corrected chi connectivity index (χ0v) is 13.0. The average molecular weight is 323 g/mol. The van der Waals surface area contributed by atoms with Gasteiger partial charge in [0.2, 0.25) is 17.6 Å². The van der Waals surface area contributed by atoms with Crippen molar-refractivity contribution >= 4 is 23.2 Å². The van der Waals surface area contributed by atoms with Gasteiger partial charge in [0.25, 0.3) is 0 Å². The molecule has 2 heterocycles. The second-order valence-electron chi connectivity index (χ2n) is 4.80. The Balaban J connectivity index is 1.74. The maximum absolute atomic E-state index is 11.8. The minimum Gasteiger partial charge on any atom is -0.481 e. The molecule has 22 heavy (non-hydrogen) atoms. The van der Waals surface area contributed by atoms with Gasteiger partial charge >= 0.3 is 5.97 Å². The Morgan fingerprint density at radius 2 is 2.23 bits per heavy atom. The van der Waals surface area contributed by atoms with E-state index in [4.69, 9.17) is 9.63 Å². The molecular formula is C14H17N3O4S. The first kappa shape index (κ1) is 16.2. The maximum Gasteiger partial charge on any atom is 0.305 e. The van der Waals surface area contributed by atoms with Crippen molar-refractivity contribution < 1.29 is 19.2 Å². The Bertz CT molecular complexity index is 624. The number of aliphatic carboxylic acids is 1. The molecule has 0 saturated heterocycles. The fourth-order valence-corrected chi connectivity index (χ4v) is 2.48. The molecule has 0 aliphatic heterocycles. The molecule has 2 aromatic rings. The van der Waals surface area contributed by atoms with Gasteiger partial charge in [-0.05, 0) is 17.9 Å². The van der Waals surface area contributed by atoms with E-state index in [1.165, 1.54) is 16.2 Å². The highest BCUT2D eigenvalue weighted by molar-refractivity contribution is 7.13. The molecule has 1 amide bonds. The highest BCUT2D eigenvalue weighted by Crippen LogP contribution is 2.21. The SMILES string of the molecule is CN(CCC(=O)O)C(=O)CCCc1nc(-c2cccs2)no1. The van der Waals surface area contributed by atoms with Gasteiger partial charge in [-0.25, -0.2) is 0 Å². The third-order valence-electron chi connectivity index (χ3n) is 3.08. The van der Waals surface area contributed by atoms with Crippen molar-refractivity contribution in [3.63, 3.8) is 0 Å². The molecule has 0 aliphatic rings. The van der Waals surface area contributed by atoms with E-state index in [-0.39, 0.29) is 18.9 Å². The molecule has 2 aromatic heterocycles. The molecule has 2 rings (SSSR count). The highest BCUT2D eigenvalue weighted by atomic mass is 32.1. The lowest BCUT2D eigenvalue weighted by Gasteiger charge is -2.15. The zero-order chi connectivity index (χ0) is 15.9. The van der Waals surface area contributed by atoms with E-state index >= 15 is 0 Å². The monoisotopic (exact) mass is 323 g/mol. The van der Waals surface area contributed by atoms with Gasteiger partial charge in [-0.2, -0.15) is 4.98 Å². The van der Waals surface area contributed by atoms with Crippen molar-refractivity contribution in [3.05, 3.63) is 23.4 Å². The number of carboxylic acids is 1. The Labute approximate surface area is 131 Å². The van der Waals surface area contributed by atoms with Crippen LogP contribution in [0.2, 0.25) is 0 Å². The van der Waals surface area contributed by atoms with Crippen LogP contribution in [0, 0.1) is 0 Å². The molecule has 118 valence electrons. The molecule has 0 unspecified atom stereocenters. The fraction of sp³-hybridized carbons (Fsp3) is 0.429. The molecule has 7 nitrogen and oxygen atoms in total. The Morgan fingerprint density at radius 3 is 2.91 bits per heavy atom. The summed E-state index contributed by atoms with van der Waals surface area (Å²) in [5.74, 6) is 0.0742.